The van der Waals surface area contributed by atoms with Gasteiger partial charge in [0.1, 0.15) is 11.7 Å². The smallest absolute Gasteiger partial charge is 0.408 e. The predicted molar refractivity (Wildman–Crippen MR) is 65.8 cm³/mol. The predicted octanol–water partition coefficient (Wildman–Crippen LogP) is 2.07. The third-order valence-electron chi connectivity index (χ3n) is 1.94. The van der Waals surface area contributed by atoms with Crippen LogP contribution in [0.5, 0.6) is 0 Å². The van der Waals surface area contributed by atoms with Crippen molar-refractivity contribution in [3.63, 3.8) is 0 Å². The zero-order valence-corrected chi connectivity index (χ0v) is 11.7. The van der Waals surface area contributed by atoms with Crippen LogP contribution in [0.25, 0.3) is 0 Å². The van der Waals surface area contributed by atoms with Crippen LogP contribution in [0.2, 0.25) is 0 Å². The summed E-state index contributed by atoms with van der Waals surface area (Å²) >= 11 is 5.36. The van der Waals surface area contributed by atoms with Gasteiger partial charge in [-0.1, -0.05) is 25.4 Å². The van der Waals surface area contributed by atoms with E-state index in [0.717, 1.165) is 0 Å². The Morgan fingerprint density at radius 2 is 1.94 bits per heavy atom. The number of carbonyl (C=O) groups excluding carboxylic acids is 1. The second kappa shape index (κ2) is 7.03. The molecule has 2 N–H and O–H groups in total. The molecule has 0 aliphatic carbocycles. The quantitative estimate of drug-likeness (QED) is 0.591. The Morgan fingerprint density at radius 1 is 1.41 bits per heavy atom. The van der Waals surface area contributed by atoms with E-state index < -0.39 is 24.0 Å². The molecule has 0 aliphatic rings. The number of hydrogen-bond donors (Lipinski definition) is 2. The molecular formula is C11H22ClNO4. The minimum absolute atomic E-state index is 0.0132. The monoisotopic (exact) mass is 267 g/mol. The molecule has 6 heteroatoms. The topological polar surface area (TPSA) is 67.8 Å². The maximum Gasteiger partial charge on any atom is 0.408 e. The van der Waals surface area contributed by atoms with Gasteiger partial charge in [-0.15, -0.1) is 0 Å². The van der Waals surface area contributed by atoms with Crippen molar-refractivity contribution in [1.82, 2.24) is 5.32 Å². The summed E-state index contributed by atoms with van der Waals surface area (Å²) in [4.78, 5) is 11.5. The number of carbonyl (C=O) groups is 1. The molecule has 0 aromatic carbocycles. The number of alkyl carbamates (subject to hydrolysis) is 1. The molecule has 1 unspecified atom stereocenters. The number of alkyl halides is 1. The van der Waals surface area contributed by atoms with Crippen molar-refractivity contribution in [2.75, 3.05) is 6.07 Å². The summed E-state index contributed by atoms with van der Waals surface area (Å²) < 4.78 is 9.94. The lowest BCUT2D eigenvalue weighted by Gasteiger charge is -2.28. The highest BCUT2D eigenvalue weighted by atomic mass is 35.5. The molecule has 1 amide bonds. The molecule has 0 fully saturated rings. The highest BCUT2D eigenvalue weighted by Gasteiger charge is 2.27. The molecule has 0 radical (unpaired) electrons. The highest BCUT2D eigenvalue weighted by molar-refractivity contribution is 6.17. The van der Waals surface area contributed by atoms with Crippen LogP contribution in [0.3, 0.4) is 0 Å². The molecule has 0 saturated heterocycles. The third-order valence-corrected chi connectivity index (χ3v) is 2.07. The van der Waals surface area contributed by atoms with Crippen molar-refractivity contribution in [2.24, 2.45) is 5.92 Å². The molecule has 0 rings (SSSR count). The highest BCUT2D eigenvalue weighted by Crippen LogP contribution is 2.11. The van der Waals surface area contributed by atoms with E-state index in [0.29, 0.717) is 0 Å². The molecule has 17 heavy (non-hydrogen) atoms. The summed E-state index contributed by atoms with van der Waals surface area (Å²) in [6.45, 7) is 9.00. The van der Waals surface area contributed by atoms with E-state index in [1.54, 1.807) is 20.8 Å². The number of nitrogens with one attached hydrogen (secondary N) is 1. The van der Waals surface area contributed by atoms with E-state index in [-0.39, 0.29) is 12.0 Å². The van der Waals surface area contributed by atoms with Gasteiger partial charge in [0.2, 0.25) is 0 Å². The third kappa shape index (κ3) is 7.41. The second-order valence-corrected chi connectivity index (χ2v) is 5.30. The lowest BCUT2D eigenvalue weighted by molar-refractivity contribution is -0.113. The first kappa shape index (κ1) is 16.5. The van der Waals surface area contributed by atoms with E-state index in [1.165, 1.54) is 0 Å². The van der Waals surface area contributed by atoms with Gasteiger partial charge in [-0.25, -0.2) is 4.79 Å². The summed E-state index contributed by atoms with van der Waals surface area (Å²) in [5.41, 5.74) is -0.579. The lowest BCUT2D eigenvalue weighted by Crippen LogP contribution is -2.49. The molecule has 0 aromatic rings. The molecule has 0 bridgehead atoms. The Kier molecular flexibility index (Phi) is 6.82. The first-order chi connectivity index (χ1) is 7.67. The largest absolute Gasteiger partial charge is 0.444 e. The summed E-state index contributed by atoms with van der Waals surface area (Å²) in [6.07, 6.45) is -1.74. The molecule has 0 saturated carbocycles. The van der Waals surface area contributed by atoms with Crippen LogP contribution in [-0.2, 0) is 9.47 Å². The fourth-order valence-corrected chi connectivity index (χ4v) is 1.31. The van der Waals surface area contributed by atoms with Gasteiger partial charge in [-0.2, -0.15) is 0 Å². The molecule has 0 aliphatic heterocycles. The van der Waals surface area contributed by atoms with Crippen molar-refractivity contribution in [2.45, 2.75) is 52.6 Å². The van der Waals surface area contributed by atoms with E-state index in [9.17, 15) is 9.90 Å². The minimum Gasteiger partial charge on any atom is -0.444 e. The van der Waals surface area contributed by atoms with Gasteiger partial charge in [0.05, 0.1) is 6.04 Å². The normalized spacial score (nSPS) is 15.5. The van der Waals surface area contributed by atoms with Gasteiger partial charge in [-0.3, -0.25) is 0 Å². The Balaban J connectivity index is 4.40. The molecule has 0 aromatic heterocycles. The maximum atomic E-state index is 11.5. The van der Waals surface area contributed by atoms with Crippen LogP contribution in [0.4, 0.5) is 4.79 Å². The van der Waals surface area contributed by atoms with Crippen molar-refractivity contribution in [3.05, 3.63) is 0 Å². The van der Waals surface area contributed by atoms with Gasteiger partial charge in [-0.05, 0) is 26.7 Å². The Morgan fingerprint density at radius 3 is 2.29 bits per heavy atom. The van der Waals surface area contributed by atoms with E-state index in [1.807, 2.05) is 13.8 Å². The summed E-state index contributed by atoms with van der Waals surface area (Å²) in [5.74, 6) is -0.0132. The average molecular weight is 268 g/mol. The number of aliphatic hydroxyl groups is 1. The van der Waals surface area contributed by atoms with E-state index in [4.69, 9.17) is 21.1 Å². The Bertz CT molecular complexity index is 240. The van der Waals surface area contributed by atoms with Crippen molar-refractivity contribution in [1.29, 1.82) is 0 Å². The molecule has 0 heterocycles. The number of amides is 1. The summed E-state index contributed by atoms with van der Waals surface area (Å²) in [5, 5.41) is 12.2. The second-order valence-electron chi connectivity index (χ2n) is 5.08. The van der Waals surface area contributed by atoms with Crippen LogP contribution in [-0.4, -0.2) is 35.2 Å². The standard InChI is InChI=1S/C11H22ClNO4/c1-7(2)8(9(14)16-6-12)13-10(15)17-11(3,4)5/h7-9,14H,6H2,1-5H3,(H,13,15)/t8-,9?/m0/s1. The van der Waals surface area contributed by atoms with Gasteiger partial charge in [0, 0.05) is 0 Å². The Hall–Kier alpha value is -0.520. The van der Waals surface area contributed by atoms with Crippen molar-refractivity contribution in [3.8, 4) is 0 Å². The number of halogens is 1. The van der Waals surface area contributed by atoms with E-state index >= 15 is 0 Å². The SMILES string of the molecule is CC(C)[C@H](NC(=O)OC(C)(C)C)C(O)OCCl. The number of aliphatic hydroxyl groups excluding tert-OH is 1. The van der Waals surface area contributed by atoms with Crippen LogP contribution in [0.1, 0.15) is 34.6 Å². The summed E-state index contributed by atoms with van der Waals surface area (Å²) in [7, 11) is 0. The van der Waals surface area contributed by atoms with Crippen molar-refractivity contribution < 1.29 is 19.4 Å². The average Bonchev–Trinajstić information content (AvgIpc) is 2.11. The van der Waals surface area contributed by atoms with Crippen LogP contribution in [0, 0.1) is 5.92 Å². The fraction of sp³-hybridized carbons (Fsp3) is 0.909. The maximum absolute atomic E-state index is 11.5. The Labute approximate surface area is 107 Å². The number of ether oxygens (including phenoxy) is 2. The zero-order chi connectivity index (χ0) is 13.6. The van der Waals surface area contributed by atoms with Crippen molar-refractivity contribution >= 4 is 17.7 Å². The molecular weight excluding hydrogens is 246 g/mol. The first-order valence-electron chi connectivity index (χ1n) is 5.52. The van der Waals surface area contributed by atoms with Gasteiger partial charge in [0.25, 0.3) is 0 Å². The lowest BCUT2D eigenvalue weighted by atomic mass is 10.0. The molecule has 2 atom stereocenters. The van der Waals surface area contributed by atoms with Gasteiger partial charge < -0.3 is 19.9 Å². The molecule has 102 valence electrons. The van der Waals surface area contributed by atoms with Gasteiger partial charge >= 0.3 is 6.09 Å². The first-order valence-corrected chi connectivity index (χ1v) is 6.06. The van der Waals surface area contributed by atoms with Gasteiger partial charge in [0.15, 0.2) is 6.29 Å². The summed E-state index contributed by atoms with van der Waals surface area (Å²) in [6, 6.07) is -0.705. The number of hydrogen-bond acceptors (Lipinski definition) is 4. The van der Waals surface area contributed by atoms with E-state index in [2.05, 4.69) is 5.32 Å². The molecule has 5 nitrogen and oxygen atoms in total. The molecule has 0 spiro atoms. The minimum atomic E-state index is -1.15. The zero-order valence-electron chi connectivity index (χ0n) is 11.0. The van der Waals surface area contributed by atoms with Crippen LogP contribution < -0.4 is 5.32 Å². The fourth-order valence-electron chi connectivity index (χ4n) is 1.18. The van der Waals surface area contributed by atoms with Crippen LogP contribution >= 0.6 is 11.6 Å². The number of rotatable bonds is 5. The van der Waals surface area contributed by atoms with Crippen LogP contribution in [0.15, 0.2) is 0 Å².